The van der Waals surface area contributed by atoms with Crippen molar-refractivity contribution in [3.05, 3.63) is 0 Å². The zero-order valence-corrected chi connectivity index (χ0v) is 8.22. The first kappa shape index (κ1) is 8.38. The molecule has 0 heterocycles. The number of nitrogens with two attached hydrogens (primary N) is 1. The van der Waals surface area contributed by atoms with Crippen molar-refractivity contribution >= 4 is 45.7 Å². The zero-order valence-electron chi connectivity index (χ0n) is 3.90. The van der Waals surface area contributed by atoms with Gasteiger partial charge in [0.15, 0.2) is 0 Å². The van der Waals surface area contributed by atoms with Gasteiger partial charge in [-0.05, 0) is 13.0 Å². The average molecular weight is 326 g/mol. The van der Waals surface area contributed by atoms with Crippen LogP contribution < -0.4 is 5.73 Å². The molecule has 0 aromatic heterocycles. The topological polar surface area (TPSA) is 29.3 Å². The summed E-state index contributed by atoms with van der Waals surface area (Å²) in [6.45, 7) is 1.88. The van der Waals surface area contributed by atoms with Crippen LogP contribution in [0.4, 0.5) is 0 Å². The van der Waals surface area contributed by atoms with Crippen molar-refractivity contribution < 1.29 is 0 Å². The van der Waals surface area contributed by atoms with Gasteiger partial charge in [-0.25, -0.2) is 0 Å². The van der Waals surface area contributed by atoms with Gasteiger partial charge in [0.1, 0.15) is 0 Å². The first-order chi connectivity index (χ1) is 3.27. The van der Waals surface area contributed by atoms with Gasteiger partial charge in [-0.3, -0.25) is 0 Å². The Balaban J connectivity index is 2.68. The summed E-state index contributed by atoms with van der Waals surface area (Å²) in [5.74, 6) is 0. The highest BCUT2D eigenvalue weighted by molar-refractivity contribution is 14.2. The molecular formula is C3H8I2N2. The molecule has 0 aromatic carbocycles. The lowest BCUT2D eigenvalue weighted by atomic mass is 10.4. The quantitative estimate of drug-likeness (QED) is 0.627. The highest BCUT2D eigenvalue weighted by Gasteiger charge is 1.88. The summed E-state index contributed by atoms with van der Waals surface area (Å²) >= 11 is 4.46. The monoisotopic (exact) mass is 326 g/mol. The molecule has 0 spiro atoms. The van der Waals surface area contributed by atoms with Crippen LogP contribution in [0.25, 0.3) is 0 Å². The molecule has 0 fully saturated rings. The van der Waals surface area contributed by atoms with Crippen molar-refractivity contribution in [3.8, 4) is 0 Å². The van der Waals surface area contributed by atoms with Gasteiger partial charge >= 0.3 is 0 Å². The van der Waals surface area contributed by atoms with E-state index in [1.165, 1.54) is 0 Å². The van der Waals surface area contributed by atoms with Gasteiger partial charge < -0.3 is 5.73 Å². The molecule has 0 aliphatic rings. The second-order valence-electron chi connectivity index (χ2n) is 1.17. The third-order valence-corrected chi connectivity index (χ3v) is 1.50. The highest BCUT2D eigenvalue weighted by atomic mass is 127. The standard InChI is InChI=1S/C3H8I2N2/c4-7(5)3-1-2-6/h1-3,6H2. The van der Waals surface area contributed by atoms with Crippen molar-refractivity contribution in [3.63, 3.8) is 0 Å². The molecule has 4 heteroatoms. The molecule has 2 N–H and O–H groups in total. The molecule has 2 nitrogen and oxygen atoms in total. The minimum absolute atomic E-state index is 0.794. The van der Waals surface area contributed by atoms with E-state index in [0.717, 1.165) is 19.5 Å². The number of hydrogen-bond donors (Lipinski definition) is 1. The maximum Gasteiger partial charge on any atom is 0.0308 e. The third-order valence-electron chi connectivity index (χ3n) is 0.531. The number of rotatable bonds is 3. The first-order valence-electron chi connectivity index (χ1n) is 2.06. The Kier molecular flexibility index (Phi) is 6.60. The SMILES string of the molecule is NCCCN(I)I. The Morgan fingerprint density at radius 2 is 2.00 bits per heavy atom. The lowest BCUT2D eigenvalue weighted by Gasteiger charge is -2.00. The summed E-state index contributed by atoms with van der Waals surface area (Å²) in [5.41, 5.74) is 5.24. The highest BCUT2D eigenvalue weighted by Crippen LogP contribution is 2.05. The van der Waals surface area contributed by atoms with E-state index in [0.29, 0.717) is 0 Å². The van der Waals surface area contributed by atoms with Crippen LogP contribution >= 0.6 is 45.7 Å². The lowest BCUT2D eigenvalue weighted by Crippen LogP contribution is -2.06. The van der Waals surface area contributed by atoms with Gasteiger partial charge in [0.25, 0.3) is 0 Å². The predicted octanol–water partition coefficient (Wildman–Crippen LogP) is 1.34. The molecule has 0 unspecified atom stereocenters. The normalized spacial score (nSPS) is 10.3. The summed E-state index contributed by atoms with van der Waals surface area (Å²) in [7, 11) is 0. The third kappa shape index (κ3) is 7.38. The number of halogens is 2. The van der Waals surface area contributed by atoms with E-state index >= 15 is 0 Å². The minimum Gasteiger partial charge on any atom is -0.330 e. The van der Waals surface area contributed by atoms with Crippen LogP contribution in [-0.2, 0) is 0 Å². The van der Waals surface area contributed by atoms with Gasteiger partial charge in [-0.15, -0.1) is 0 Å². The van der Waals surface area contributed by atoms with Crippen LogP contribution in [-0.4, -0.2) is 14.4 Å². The maximum atomic E-state index is 5.24. The molecule has 0 saturated heterocycles. The fourth-order valence-electron chi connectivity index (χ4n) is 0.211. The Labute approximate surface area is 71.8 Å². The van der Waals surface area contributed by atoms with E-state index in [1.54, 1.807) is 0 Å². The van der Waals surface area contributed by atoms with Gasteiger partial charge in [-0.2, -0.15) is 1.33 Å². The fraction of sp³-hybridized carbons (Fsp3) is 1.00. The van der Waals surface area contributed by atoms with E-state index < -0.39 is 0 Å². The molecule has 0 radical (unpaired) electrons. The fourth-order valence-corrected chi connectivity index (χ4v) is 0.893. The molecule has 0 aromatic rings. The summed E-state index contributed by atoms with van der Waals surface area (Å²) in [4.78, 5) is 0. The van der Waals surface area contributed by atoms with E-state index in [1.807, 2.05) is 0 Å². The van der Waals surface area contributed by atoms with Gasteiger partial charge in [-0.1, -0.05) is 0 Å². The van der Waals surface area contributed by atoms with Crippen LogP contribution in [0, 0.1) is 0 Å². The van der Waals surface area contributed by atoms with Crippen molar-refractivity contribution in [1.29, 1.82) is 0 Å². The van der Waals surface area contributed by atoms with Gasteiger partial charge in [0, 0.05) is 52.3 Å². The van der Waals surface area contributed by atoms with Crippen LogP contribution in [0.3, 0.4) is 0 Å². The summed E-state index contributed by atoms with van der Waals surface area (Å²) < 4.78 is 2.07. The first-order valence-corrected chi connectivity index (χ1v) is 3.99. The summed E-state index contributed by atoms with van der Waals surface area (Å²) in [6.07, 6.45) is 1.09. The largest absolute Gasteiger partial charge is 0.330 e. The molecule has 44 valence electrons. The Bertz CT molecular complexity index is 39.9. The predicted molar refractivity (Wildman–Crippen MR) is 48.4 cm³/mol. The van der Waals surface area contributed by atoms with Crippen molar-refractivity contribution in [2.24, 2.45) is 5.73 Å². The van der Waals surface area contributed by atoms with Crippen molar-refractivity contribution in [2.75, 3.05) is 13.1 Å². The molecule has 7 heavy (non-hydrogen) atoms. The van der Waals surface area contributed by atoms with Crippen molar-refractivity contribution in [2.45, 2.75) is 6.42 Å². The molecule has 0 aliphatic heterocycles. The second kappa shape index (κ2) is 5.52. The maximum absolute atomic E-state index is 5.24. The van der Waals surface area contributed by atoms with E-state index in [4.69, 9.17) is 5.73 Å². The Morgan fingerprint density at radius 1 is 1.43 bits per heavy atom. The van der Waals surface area contributed by atoms with E-state index in [9.17, 15) is 0 Å². The Hall–Kier alpha value is 1.38. The van der Waals surface area contributed by atoms with Crippen LogP contribution in [0.15, 0.2) is 0 Å². The molecule has 0 bridgehead atoms. The van der Waals surface area contributed by atoms with Gasteiger partial charge in [0.2, 0.25) is 0 Å². The summed E-state index contributed by atoms with van der Waals surface area (Å²) in [6, 6.07) is 0. The lowest BCUT2D eigenvalue weighted by molar-refractivity contribution is 0.736. The molecule has 0 amide bonds. The Morgan fingerprint density at radius 3 is 2.14 bits per heavy atom. The average Bonchev–Trinajstić information content (AvgIpc) is 1.61. The molecule has 0 atom stereocenters. The molecule has 0 aliphatic carbocycles. The zero-order chi connectivity index (χ0) is 5.70. The molecule has 0 rings (SSSR count). The minimum atomic E-state index is 0.794. The van der Waals surface area contributed by atoms with Crippen LogP contribution in [0.2, 0.25) is 0 Å². The number of hydrogen-bond acceptors (Lipinski definition) is 2. The van der Waals surface area contributed by atoms with E-state index in [-0.39, 0.29) is 0 Å². The van der Waals surface area contributed by atoms with Crippen molar-refractivity contribution in [1.82, 2.24) is 1.33 Å². The molecule has 0 saturated carbocycles. The van der Waals surface area contributed by atoms with Crippen LogP contribution in [0.5, 0.6) is 0 Å². The van der Waals surface area contributed by atoms with Crippen LogP contribution in [0.1, 0.15) is 6.42 Å². The number of nitrogens with zero attached hydrogens (tertiary/aromatic N) is 1. The molecular weight excluding hydrogens is 318 g/mol. The van der Waals surface area contributed by atoms with Gasteiger partial charge in [0.05, 0.1) is 0 Å². The second-order valence-corrected chi connectivity index (χ2v) is 5.34. The summed E-state index contributed by atoms with van der Waals surface area (Å²) in [5, 5.41) is 0. The smallest absolute Gasteiger partial charge is 0.0308 e. The van der Waals surface area contributed by atoms with E-state index in [2.05, 4.69) is 47.1 Å².